The van der Waals surface area contributed by atoms with Gasteiger partial charge in [0.05, 0.1) is 13.5 Å². The van der Waals surface area contributed by atoms with Gasteiger partial charge in [0.1, 0.15) is 5.92 Å². The SMILES string of the molecule is COC(=O)[C@@H]1OC(=O)C[C@H]1C(F)(F)F. The molecule has 0 amide bonds. The van der Waals surface area contributed by atoms with E-state index >= 15 is 0 Å². The molecule has 0 aromatic carbocycles. The van der Waals surface area contributed by atoms with Crippen molar-refractivity contribution >= 4 is 11.9 Å². The van der Waals surface area contributed by atoms with Gasteiger partial charge in [-0.25, -0.2) is 4.79 Å². The Morgan fingerprint density at radius 1 is 1.57 bits per heavy atom. The molecule has 0 aromatic rings. The van der Waals surface area contributed by atoms with Gasteiger partial charge in [-0.05, 0) is 0 Å². The molecule has 1 aliphatic heterocycles. The van der Waals surface area contributed by atoms with E-state index in [2.05, 4.69) is 9.47 Å². The van der Waals surface area contributed by atoms with Crippen LogP contribution >= 0.6 is 0 Å². The highest BCUT2D eigenvalue weighted by Crippen LogP contribution is 2.37. The van der Waals surface area contributed by atoms with Crippen molar-refractivity contribution in [2.75, 3.05) is 7.11 Å². The van der Waals surface area contributed by atoms with Crippen LogP contribution in [0.5, 0.6) is 0 Å². The van der Waals surface area contributed by atoms with Gasteiger partial charge in [0.2, 0.25) is 6.10 Å². The van der Waals surface area contributed by atoms with Crippen molar-refractivity contribution in [2.24, 2.45) is 5.92 Å². The van der Waals surface area contributed by atoms with Crippen molar-refractivity contribution in [1.82, 2.24) is 0 Å². The lowest BCUT2D eigenvalue weighted by Gasteiger charge is -2.17. The lowest BCUT2D eigenvalue weighted by molar-refractivity contribution is -0.196. The molecule has 1 saturated heterocycles. The first kappa shape index (κ1) is 10.8. The molecule has 2 atom stereocenters. The molecule has 1 aliphatic rings. The van der Waals surface area contributed by atoms with Crippen molar-refractivity contribution in [3.8, 4) is 0 Å². The third-order valence-corrected chi connectivity index (χ3v) is 1.86. The molecule has 0 aliphatic carbocycles. The Morgan fingerprint density at radius 2 is 2.14 bits per heavy atom. The summed E-state index contributed by atoms with van der Waals surface area (Å²) in [6.45, 7) is 0. The van der Waals surface area contributed by atoms with Crippen LogP contribution in [0, 0.1) is 5.92 Å². The maximum absolute atomic E-state index is 12.2. The molecule has 0 radical (unpaired) electrons. The number of alkyl halides is 3. The first-order valence-corrected chi connectivity index (χ1v) is 3.70. The van der Waals surface area contributed by atoms with Crippen LogP contribution in [0.1, 0.15) is 6.42 Å². The monoisotopic (exact) mass is 212 g/mol. The summed E-state index contributed by atoms with van der Waals surface area (Å²) in [4.78, 5) is 21.4. The third-order valence-electron chi connectivity index (χ3n) is 1.86. The molecule has 1 fully saturated rings. The molecule has 0 aromatic heterocycles. The maximum atomic E-state index is 12.2. The number of carbonyl (C=O) groups excluding carboxylic acids is 2. The topological polar surface area (TPSA) is 52.6 Å². The highest BCUT2D eigenvalue weighted by atomic mass is 19.4. The van der Waals surface area contributed by atoms with Crippen LogP contribution in [-0.2, 0) is 19.1 Å². The number of hydrogen-bond donors (Lipinski definition) is 0. The fourth-order valence-corrected chi connectivity index (χ4v) is 1.17. The molecule has 0 unspecified atom stereocenters. The van der Waals surface area contributed by atoms with E-state index in [-0.39, 0.29) is 0 Å². The van der Waals surface area contributed by atoms with Crippen LogP contribution < -0.4 is 0 Å². The van der Waals surface area contributed by atoms with E-state index < -0.39 is 36.6 Å². The van der Waals surface area contributed by atoms with E-state index in [1.807, 2.05) is 0 Å². The summed E-state index contributed by atoms with van der Waals surface area (Å²) in [5.41, 5.74) is 0. The Labute approximate surface area is 77.0 Å². The smallest absolute Gasteiger partial charge is 0.396 e. The van der Waals surface area contributed by atoms with Gasteiger partial charge in [-0.1, -0.05) is 0 Å². The van der Waals surface area contributed by atoms with Crippen molar-refractivity contribution in [2.45, 2.75) is 18.7 Å². The zero-order chi connectivity index (χ0) is 10.9. The molecule has 0 saturated carbocycles. The zero-order valence-electron chi connectivity index (χ0n) is 7.13. The molecule has 4 nitrogen and oxygen atoms in total. The standard InChI is InChI=1S/C7H7F3O4/c1-13-6(12)5-3(7(8,9)10)2-4(11)14-5/h3,5H,2H2,1H3/t3-,5-/m1/s1. The number of esters is 2. The van der Waals surface area contributed by atoms with Gasteiger partial charge in [0.25, 0.3) is 0 Å². The fourth-order valence-electron chi connectivity index (χ4n) is 1.17. The van der Waals surface area contributed by atoms with Gasteiger partial charge in [-0.15, -0.1) is 0 Å². The Kier molecular flexibility index (Phi) is 2.68. The summed E-state index contributed by atoms with van der Waals surface area (Å²) >= 11 is 0. The highest BCUT2D eigenvalue weighted by molar-refractivity contribution is 5.83. The summed E-state index contributed by atoms with van der Waals surface area (Å²) in [7, 11) is 0.932. The normalized spacial score (nSPS) is 27.3. The van der Waals surface area contributed by atoms with Gasteiger partial charge in [-0.3, -0.25) is 4.79 Å². The summed E-state index contributed by atoms with van der Waals surface area (Å²) in [5.74, 6) is -4.32. The summed E-state index contributed by atoms with van der Waals surface area (Å²) < 4.78 is 45.0. The van der Waals surface area contributed by atoms with E-state index in [0.717, 1.165) is 7.11 Å². The lowest BCUT2D eigenvalue weighted by Crippen LogP contribution is -2.36. The van der Waals surface area contributed by atoms with Crippen molar-refractivity contribution in [3.05, 3.63) is 0 Å². The second-order valence-corrected chi connectivity index (χ2v) is 2.79. The quantitative estimate of drug-likeness (QED) is 0.599. The van der Waals surface area contributed by atoms with Crippen molar-refractivity contribution < 1.29 is 32.2 Å². The van der Waals surface area contributed by atoms with Crippen LogP contribution in [0.2, 0.25) is 0 Å². The van der Waals surface area contributed by atoms with Crippen LogP contribution in [0.3, 0.4) is 0 Å². The van der Waals surface area contributed by atoms with Gasteiger partial charge in [0, 0.05) is 0 Å². The highest BCUT2D eigenvalue weighted by Gasteiger charge is 2.55. The summed E-state index contributed by atoms with van der Waals surface area (Å²) in [5, 5.41) is 0. The second kappa shape index (κ2) is 3.47. The third kappa shape index (κ3) is 1.97. The molecule has 1 heterocycles. The Morgan fingerprint density at radius 3 is 2.57 bits per heavy atom. The number of halogens is 3. The Balaban J connectivity index is 2.83. The zero-order valence-corrected chi connectivity index (χ0v) is 7.13. The van der Waals surface area contributed by atoms with Gasteiger partial charge in [0.15, 0.2) is 0 Å². The molecular weight excluding hydrogens is 205 g/mol. The van der Waals surface area contributed by atoms with E-state index in [0.29, 0.717) is 0 Å². The number of methoxy groups -OCH3 is 1. The summed E-state index contributed by atoms with van der Waals surface area (Å²) in [6, 6.07) is 0. The Bertz CT molecular complexity index is 260. The number of hydrogen-bond acceptors (Lipinski definition) is 4. The predicted molar refractivity (Wildman–Crippen MR) is 36.1 cm³/mol. The molecule has 1 rings (SSSR count). The molecule has 0 spiro atoms. The van der Waals surface area contributed by atoms with E-state index in [4.69, 9.17) is 0 Å². The molecule has 0 bridgehead atoms. The fraction of sp³-hybridized carbons (Fsp3) is 0.714. The predicted octanol–water partition coefficient (Wildman–Crippen LogP) is 0.653. The van der Waals surface area contributed by atoms with E-state index in [9.17, 15) is 22.8 Å². The first-order valence-electron chi connectivity index (χ1n) is 3.70. The molecule has 0 N–H and O–H groups in total. The van der Waals surface area contributed by atoms with Gasteiger partial charge >= 0.3 is 18.1 Å². The van der Waals surface area contributed by atoms with E-state index in [1.54, 1.807) is 0 Å². The van der Waals surface area contributed by atoms with E-state index in [1.165, 1.54) is 0 Å². The average molecular weight is 212 g/mol. The van der Waals surface area contributed by atoms with Gasteiger partial charge in [-0.2, -0.15) is 13.2 Å². The number of carbonyl (C=O) groups is 2. The van der Waals surface area contributed by atoms with Crippen molar-refractivity contribution in [3.63, 3.8) is 0 Å². The second-order valence-electron chi connectivity index (χ2n) is 2.79. The van der Waals surface area contributed by atoms with Crippen molar-refractivity contribution in [1.29, 1.82) is 0 Å². The number of cyclic esters (lactones) is 1. The lowest BCUT2D eigenvalue weighted by atomic mass is 10.0. The minimum Gasteiger partial charge on any atom is -0.466 e. The minimum atomic E-state index is -4.63. The molecule has 14 heavy (non-hydrogen) atoms. The number of rotatable bonds is 1. The minimum absolute atomic E-state index is 0.830. The van der Waals surface area contributed by atoms with Crippen LogP contribution in [-0.4, -0.2) is 31.3 Å². The maximum Gasteiger partial charge on any atom is 0.396 e. The largest absolute Gasteiger partial charge is 0.466 e. The Hall–Kier alpha value is -1.27. The first-order chi connectivity index (χ1) is 6.36. The average Bonchev–Trinajstić information content (AvgIpc) is 2.45. The molecule has 7 heteroatoms. The molecule has 80 valence electrons. The van der Waals surface area contributed by atoms with Crippen LogP contribution in [0.25, 0.3) is 0 Å². The summed E-state index contributed by atoms with van der Waals surface area (Å²) in [6.07, 6.45) is -7.32. The van der Waals surface area contributed by atoms with Crippen LogP contribution in [0.4, 0.5) is 13.2 Å². The van der Waals surface area contributed by atoms with Crippen LogP contribution in [0.15, 0.2) is 0 Å². The molecular formula is C7H7F3O4. The number of ether oxygens (including phenoxy) is 2. The van der Waals surface area contributed by atoms with Gasteiger partial charge < -0.3 is 9.47 Å².